The molecule has 6 heteroatoms. The third-order valence-corrected chi connectivity index (χ3v) is 0.915. The molecule has 0 fully saturated rings. The summed E-state index contributed by atoms with van der Waals surface area (Å²) in [6, 6.07) is 0. The molecule has 0 aliphatic heterocycles. The molecule has 0 bridgehead atoms. The average molecular weight is 206 g/mol. The minimum Gasteiger partial charge on any atom is -0.478 e. The zero-order valence-corrected chi connectivity index (χ0v) is 7.75. The van der Waals surface area contributed by atoms with Crippen LogP contribution >= 0.6 is 0 Å². The summed E-state index contributed by atoms with van der Waals surface area (Å²) >= 11 is 0. The molecule has 0 amide bonds. The van der Waals surface area contributed by atoms with Crippen LogP contribution in [-0.2, 0) is 9.59 Å². The molecule has 82 valence electrons. The maximum Gasteiger partial charge on any atom is 0.328 e. The summed E-state index contributed by atoms with van der Waals surface area (Å²) in [4.78, 5) is 19.1. The normalized spacial score (nSPS) is 9.71. The quantitative estimate of drug-likeness (QED) is 0.374. The number of carboxylic acids is 2. The first-order valence-electron chi connectivity index (χ1n) is 3.90. The molecule has 6 nitrogen and oxygen atoms in total. The van der Waals surface area contributed by atoms with E-state index in [2.05, 4.69) is 0 Å². The molecule has 0 atom stereocenters. The van der Waals surface area contributed by atoms with Crippen molar-refractivity contribution < 1.29 is 30.0 Å². The fourth-order valence-electron chi connectivity index (χ4n) is 0.401. The van der Waals surface area contributed by atoms with Gasteiger partial charge in [-0.3, -0.25) is 0 Å². The lowest BCUT2D eigenvalue weighted by atomic mass is 10.3. The third kappa shape index (κ3) is 22.4. The molecule has 4 N–H and O–H groups in total. The Morgan fingerprint density at radius 1 is 1.14 bits per heavy atom. The van der Waals surface area contributed by atoms with Crippen LogP contribution in [0.4, 0.5) is 0 Å². The molecule has 14 heavy (non-hydrogen) atoms. The van der Waals surface area contributed by atoms with Gasteiger partial charge < -0.3 is 20.4 Å². The van der Waals surface area contributed by atoms with Gasteiger partial charge in [-0.2, -0.15) is 0 Å². The second-order valence-electron chi connectivity index (χ2n) is 2.28. The Hall–Kier alpha value is -1.40. The molecule has 0 rings (SSSR count). The van der Waals surface area contributed by atoms with Crippen molar-refractivity contribution in [3.8, 4) is 0 Å². The first kappa shape index (κ1) is 15.1. The van der Waals surface area contributed by atoms with E-state index in [4.69, 9.17) is 20.4 Å². The molecule has 0 radical (unpaired) electrons. The van der Waals surface area contributed by atoms with Crippen LogP contribution in [0.25, 0.3) is 0 Å². The standard InChI is InChI=1S/C4H4O4.C4H10O2/c5-3(6)1-2-4(7)8;1-2-3-4(5)6/h1-2H,(H,5,6)(H,7,8);4-6H,2-3H2,1H3. The molecule has 0 saturated heterocycles. The molecule has 0 heterocycles. The molecular formula is C8H14O6. The molecule has 0 unspecified atom stereocenters. The van der Waals surface area contributed by atoms with Gasteiger partial charge in [0.05, 0.1) is 0 Å². The van der Waals surface area contributed by atoms with Gasteiger partial charge in [0.15, 0.2) is 6.29 Å². The van der Waals surface area contributed by atoms with Crippen molar-refractivity contribution in [1.29, 1.82) is 0 Å². The van der Waals surface area contributed by atoms with Crippen LogP contribution in [0.2, 0.25) is 0 Å². The van der Waals surface area contributed by atoms with Crippen LogP contribution in [0.1, 0.15) is 19.8 Å². The van der Waals surface area contributed by atoms with E-state index in [1.165, 1.54) is 0 Å². The van der Waals surface area contributed by atoms with Crippen molar-refractivity contribution in [2.45, 2.75) is 26.1 Å². The van der Waals surface area contributed by atoms with Crippen LogP contribution in [-0.4, -0.2) is 38.7 Å². The largest absolute Gasteiger partial charge is 0.478 e. The van der Waals surface area contributed by atoms with Crippen LogP contribution in [0.5, 0.6) is 0 Å². The van der Waals surface area contributed by atoms with Gasteiger partial charge in [0.2, 0.25) is 0 Å². The molecule has 0 aromatic carbocycles. The van der Waals surface area contributed by atoms with Crippen molar-refractivity contribution in [1.82, 2.24) is 0 Å². The summed E-state index contributed by atoms with van der Waals surface area (Å²) in [5.41, 5.74) is 0. The monoisotopic (exact) mass is 206 g/mol. The summed E-state index contributed by atoms with van der Waals surface area (Å²) in [6.45, 7) is 1.90. The number of carboxylic acid groups (broad SMARTS) is 2. The third-order valence-electron chi connectivity index (χ3n) is 0.915. The summed E-state index contributed by atoms with van der Waals surface area (Å²) in [6.07, 6.45) is 1.33. The van der Waals surface area contributed by atoms with Crippen LogP contribution in [0.3, 0.4) is 0 Å². The topological polar surface area (TPSA) is 115 Å². The van der Waals surface area contributed by atoms with E-state index < -0.39 is 18.2 Å². The van der Waals surface area contributed by atoms with E-state index >= 15 is 0 Å². The number of aliphatic hydroxyl groups is 2. The van der Waals surface area contributed by atoms with Gasteiger partial charge in [-0.05, 0) is 6.42 Å². The summed E-state index contributed by atoms with van der Waals surface area (Å²) in [5.74, 6) is -2.51. The van der Waals surface area contributed by atoms with Gasteiger partial charge in [0.25, 0.3) is 0 Å². The fourth-order valence-corrected chi connectivity index (χ4v) is 0.401. The van der Waals surface area contributed by atoms with E-state index in [0.29, 0.717) is 18.6 Å². The predicted octanol–water partition coefficient (Wildman–Crippen LogP) is -0.191. The first-order chi connectivity index (χ1) is 6.40. The Kier molecular flexibility index (Phi) is 10.4. The molecule has 0 aliphatic carbocycles. The molecule has 0 saturated carbocycles. The van der Waals surface area contributed by atoms with Crippen molar-refractivity contribution in [2.24, 2.45) is 0 Å². The molecule has 0 aromatic heterocycles. The Morgan fingerprint density at radius 3 is 1.57 bits per heavy atom. The maximum absolute atomic E-state index is 9.55. The molecule has 0 aliphatic rings. The second-order valence-corrected chi connectivity index (χ2v) is 2.28. The van der Waals surface area contributed by atoms with Crippen LogP contribution in [0, 0.1) is 0 Å². The highest BCUT2D eigenvalue weighted by Crippen LogP contribution is 1.88. The van der Waals surface area contributed by atoms with Crippen molar-refractivity contribution in [2.75, 3.05) is 0 Å². The lowest BCUT2D eigenvalue weighted by molar-refractivity contribution is -0.134. The van der Waals surface area contributed by atoms with Gasteiger partial charge >= 0.3 is 11.9 Å². The van der Waals surface area contributed by atoms with Gasteiger partial charge in [0.1, 0.15) is 0 Å². The van der Waals surface area contributed by atoms with Gasteiger partial charge in [-0.1, -0.05) is 13.3 Å². The number of aliphatic carboxylic acids is 2. The summed E-state index contributed by atoms with van der Waals surface area (Å²) in [5, 5.41) is 31.8. The molecule has 0 aromatic rings. The highest BCUT2D eigenvalue weighted by atomic mass is 16.5. The second kappa shape index (κ2) is 9.69. The van der Waals surface area contributed by atoms with Crippen LogP contribution < -0.4 is 0 Å². The average Bonchev–Trinajstić information content (AvgIpc) is 2.01. The number of hydrogen-bond acceptors (Lipinski definition) is 4. The van der Waals surface area contributed by atoms with E-state index in [0.717, 1.165) is 6.42 Å². The Bertz CT molecular complexity index is 180. The van der Waals surface area contributed by atoms with E-state index in [1.807, 2.05) is 6.92 Å². The smallest absolute Gasteiger partial charge is 0.328 e. The Balaban J connectivity index is 0. The van der Waals surface area contributed by atoms with Crippen LogP contribution in [0.15, 0.2) is 12.2 Å². The number of hydrogen-bond donors (Lipinski definition) is 4. The zero-order chi connectivity index (χ0) is 11.6. The predicted molar refractivity (Wildman–Crippen MR) is 47.5 cm³/mol. The van der Waals surface area contributed by atoms with Crippen molar-refractivity contribution in [3.63, 3.8) is 0 Å². The van der Waals surface area contributed by atoms with E-state index in [1.54, 1.807) is 0 Å². The van der Waals surface area contributed by atoms with Crippen molar-refractivity contribution >= 4 is 11.9 Å². The highest BCUT2D eigenvalue weighted by Gasteiger charge is 1.89. The maximum atomic E-state index is 9.55. The van der Waals surface area contributed by atoms with Crippen molar-refractivity contribution in [3.05, 3.63) is 12.2 Å². The number of aliphatic hydroxyl groups excluding tert-OH is 1. The Morgan fingerprint density at radius 2 is 1.50 bits per heavy atom. The van der Waals surface area contributed by atoms with Gasteiger partial charge in [0, 0.05) is 12.2 Å². The summed E-state index contributed by atoms with van der Waals surface area (Å²) < 4.78 is 0. The highest BCUT2D eigenvalue weighted by molar-refractivity contribution is 5.89. The van der Waals surface area contributed by atoms with Gasteiger partial charge in [-0.15, -0.1) is 0 Å². The SMILES string of the molecule is CCCC(O)O.O=C(O)C=CC(=O)O. The van der Waals surface area contributed by atoms with E-state index in [9.17, 15) is 9.59 Å². The molecular weight excluding hydrogens is 192 g/mol. The Labute approximate surface area is 81.1 Å². The lowest BCUT2D eigenvalue weighted by Gasteiger charge is -1.94. The minimum atomic E-state index is -1.26. The number of carbonyl (C=O) groups is 2. The molecule has 0 spiro atoms. The van der Waals surface area contributed by atoms with E-state index in [-0.39, 0.29) is 0 Å². The zero-order valence-electron chi connectivity index (χ0n) is 7.75. The minimum absolute atomic E-state index is 0.486. The summed E-state index contributed by atoms with van der Waals surface area (Å²) in [7, 11) is 0. The first-order valence-corrected chi connectivity index (χ1v) is 3.90. The number of rotatable bonds is 4. The lowest BCUT2D eigenvalue weighted by Crippen LogP contribution is -2.01. The fraction of sp³-hybridized carbons (Fsp3) is 0.500. The van der Waals surface area contributed by atoms with Gasteiger partial charge in [-0.25, -0.2) is 9.59 Å².